The minimum atomic E-state index is -0.601. The third kappa shape index (κ3) is 4.83. The lowest BCUT2D eigenvalue weighted by molar-refractivity contribution is 0.0600. The number of amides is 3. The number of benzene rings is 2. The minimum Gasteiger partial charge on any atom is -0.465 e. The van der Waals surface area contributed by atoms with Crippen molar-refractivity contribution in [3.05, 3.63) is 65.2 Å². The van der Waals surface area contributed by atoms with Crippen molar-refractivity contribution in [2.75, 3.05) is 19.5 Å². The first-order chi connectivity index (χ1) is 12.4. The quantitative estimate of drug-likeness (QED) is 0.719. The van der Waals surface area contributed by atoms with Gasteiger partial charge in [0.2, 0.25) is 0 Å². The number of ether oxygens (including phenoxy) is 1. The molecule has 0 saturated heterocycles. The number of hydrogen-bond donors (Lipinski definition) is 3. The molecule has 0 unspecified atom stereocenters. The van der Waals surface area contributed by atoms with Crippen LogP contribution in [0.4, 0.5) is 10.5 Å². The van der Waals surface area contributed by atoms with Crippen molar-refractivity contribution >= 4 is 23.6 Å². The van der Waals surface area contributed by atoms with Crippen LogP contribution in [-0.2, 0) is 4.74 Å². The first-order valence-corrected chi connectivity index (χ1v) is 8.02. The van der Waals surface area contributed by atoms with Crippen molar-refractivity contribution in [1.82, 2.24) is 10.6 Å². The number of methoxy groups -OCH3 is 1. The molecule has 0 aliphatic rings. The summed E-state index contributed by atoms with van der Waals surface area (Å²) in [4.78, 5) is 36.0. The smallest absolute Gasteiger partial charge is 0.337 e. The number of esters is 1. The lowest BCUT2D eigenvalue weighted by Crippen LogP contribution is -2.28. The van der Waals surface area contributed by atoms with E-state index in [1.807, 2.05) is 37.3 Å². The highest BCUT2D eigenvalue weighted by Gasteiger charge is 2.16. The van der Waals surface area contributed by atoms with Crippen LogP contribution in [0.1, 0.15) is 39.2 Å². The van der Waals surface area contributed by atoms with Crippen molar-refractivity contribution in [1.29, 1.82) is 0 Å². The van der Waals surface area contributed by atoms with Gasteiger partial charge >= 0.3 is 12.0 Å². The monoisotopic (exact) mass is 355 g/mol. The molecule has 136 valence electrons. The van der Waals surface area contributed by atoms with Gasteiger partial charge in [0.25, 0.3) is 5.91 Å². The molecule has 7 nitrogen and oxygen atoms in total. The van der Waals surface area contributed by atoms with Gasteiger partial charge in [0.15, 0.2) is 0 Å². The van der Waals surface area contributed by atoms with E-state index in [0.717, 1.165) is 5.56 Å². The van der Waals surface area contributed by atoms with Gasteiger partial charge in [-0.05, 0) is 30.7 Å². The molecule has 3 amide bonds. The topological polar surface area (TPSA) is 96.5 Å². The Morgan fingerprint density at radius 2 is 1.65 bits per heavy atom. The number of carbonyl (C=O) groups excluding carboxylic acids is 3. The number of anilines is 1. The van der Waals surface area contributed by atoms with Gasteiger partial charge in [-0.15, -0.1) is 0 Å². The Bertz CT molecular complexity index is 806. The maximum atomic E-state index is 12.6. The molecular formula is C19H21N3O4. The number of urea groups is 1. The third-order valence-electron chi connectivity index (χ3n) is 3.75. The van der Waals surface area contributed by atoms with E-state index < -0.39 is 12.0 Å². The Morgan fingerprint density at radius 1 is 1.00 bits per heavy atom. The predicted octanol–water partition coefficient (Wildman–Crippen LogP) is 2.72. The van der Waals surface area contributed by atoms with Gasteiger partial charge in [-0.25, -0.2) is 9.59 Å². The Morgan fingerprint density at radius 3 is 2.27 bits per heavy atom. The molecule has 7 heteroatoms. The second kappa shape index (κ2) is 8.66. The van der Waals surface area contributed by atoms with Crippen LogP contribution >= 0.6 is 0 Å². The Kier molecular flexibility index (Phi) is 6.32. The fraction of sp³-hybridized carbons (Fsp3) is 0.211. The first kappa shape index (κ1) is 19.0. The van der Waals surface area contributed by atoms with Gasteiger partial charge in [-0.2, -0.15) is 0 Å². The van der Waals surface area contributed by atoms with Gasteiger partial charge in [0.1, 0.15) is 0 Å². The molecule has 0 aliphatic heterocycles. The normalized spacial score (nSPS) is 11.2. The molecule has 0 radical (unpaired) electrons. The van der Waals surface area contributed by atoms with Crippen molar-refractivity contribution in [3.8, 4) is 0 Å². The second-order valence-corrected chi connectivity index (χ2v) is 5.60. The molecule has 0 aromatic heterocycles. The highest BCUT2D eigenvalue weighted by atomic mass is 16.5. The zero-order valence-electron chi connectivity index (χ0n) is 14.8. The van der Waals surface area contributed by atoms with Gasteiger partial charge in [0.05, 0.1) is 18.7 Å². The molecule has 0 saturated carbocycles. The molecule has 26 heavy (non-hydrogen) atoms. The van der Waals surface area contributed by atoms with E-state index in [2.05, 4.69) is 16.0 Å². The first-order valence-electron chi connectivity index (χ1n) is 8.02. The minimum absolute atomic E-state index is 0.166. The van der Waals surface area contributed by atoms with Crippen molar-refractivity contribution in [2.45, 2.75) is 13.0 Å². The summed E-state index contributed by atoms with van der Waals surface area (Å²) in [6.45, 7) is 1.86. The fourth-order valence-corrected chi connectivity index (χ4v) is 2.37. The van der Waals surface area contributed by atoms with Crippen LogP contribution in [0.2, 0.25) is 0 Å². The van der Waals surface area contributed by atoms with Crippen molar-refractivity contribution < 1.29 is 19.1 Å². The van der Waals surface area contributed by atoms with Gasteiger partial charge < -0.3 is 20.7 Å². The highest BCUT2D eigenvalue weighted by molar-refractivity contribution is 6.01. The van der Waals surface area contributed by atoms with Gasteiger partial charge in [-0.3, -0.25) is 4.79 Å². The molecule has 0 bridgehead atoms. The SMILES string of the molecule is CNC(=O)Nc1cc(C(=O)N[C@H](C)c2ccccc2)cc(C(=O)OC)c1. The van der Waals surface area contributed by atoms with Crippen molar-refractivity contribution in [2.24, 2.45) is 0 Å². The van der Waals surface area contributed by atoms with Crippen LogP contribution in [0, 0.1) is 0 Å². The Balaban J connectivity index is 2.28. The zero-order valence-corrected chi connectivity index (χ0v) is 14.8. The maximum Gasteiger partial charge on any atom is 0.337 e. The van der Waals surface area contributed by atoms with Crippen molar-refractivity contribution in [3.63, 3.8) is 0 Å². The van der Waals surface area contributed by atoms with Crippen LogP contribution in [0.3, 0.4) is 0 Å². The molecule has 0 aliphatic carbocycles. The highest BCUT2D eigenvalue weighted by Crippen LogP contribution is 2.18. The van der Waals surface area contributed by atoms with Crippen LogP contribution in [0.25, 0.3) is 0 Å². The van der Waals surface area contributed by atoms with E-state index in [9.17, 15) is 14.4 Å². The predicted molar refractivity (Wildman–Crippen MR) is 98.2 cm³/mol. The van der Waals surface area contributed by atoms with E-state index in [0.29, 0.717) is 5.69 Å². The molecule has 0 spiro atoms. The molecule has 3 N–H and O–H groups in total. The summed E-state index contributed by atoms with van der Waals surface area (Å²) in [6.07, 6.45) is 0. The summed E-state index contributed by atoms with van der Waals surface area (Å²) < 4.78 is 4.71. The van der Waals surface area contributed by atoms with Gasteiger partial charge in [-0.1, -0.05) is 30.3 Å². The lowest BCUT2D eigenvalue weighted by Gasteiger charge is -2.15. The van der Waals surface area contributed by atoms with Gasteiger partial charge in [0, 0.05) is 18.3 Å². The number of hydrogen-bond acceptors (Lipinski definition) is 4. The molecule has 2 aromatic rings. The summed E-state index contributed by atoms with van der Waals surface area (Å²) in [7, 11) is 2.72. The summed E-state index contributed by atoms with van der Waals surface area (Å²) >= 11 is 0. The summed E-state index contributed by atoms with van der Waals surface area (Å²) in [5.41, 5.74) is 1.67. The molecule has 1 atom stereocenters. The number of carbonyl (C=O) groups is 3. The molecule has 2 rings (SSSR count). The average Bonchev–Trinajstić information content (AvgIpc) is 2.67. The van der Waals surface area contributed by atoms with E-state index in [1.54, 1.807) is 0 Å². The maximum absolute atomic E-state index is 12.6. The summed E-state index contributed by atoms with van der Waals surface area (Å²) in [5, 5.41) is 7.84. The number of nitrogens with one attached hydrogen (secondary N) is 3. The molecule has 0 fully saturated rings. The molecular weight excluding hydrogens is 334 g/mol. The average molecular weight is 355 g/mol. The largest absolute Gasteiger partial charge is 0.465 e. The zero-order chi connectivity index (χ0) is 19.1. The van der Waals surface area contributed by atoms with Crippen LogP contribution < -0.4 is 16.0 Å². The van der Waals surface area contributed by atoms with E-state index in [1.165, 1.54) is 32.4 Å². The molecule has 2 aromatic carbocycles. The van der Waals surface area contributed by atoms with Crippen LogP contribution in [-0.4, -0.2) is 32.1 Å². The van der Waals surface area contributed by atoms with Crippen LogP contribution in [0.15, 0.2) is 48.5 Å². The molecule has 0 heterocycles. The lowest BCUT2D eigenvalue weighted by atomic mass is 10.1. The third-order valence-corrected chi connectivity index (χ3v) is 3.75. The standard InChI is InChI=1S/C19H21N3O4/c1-12(13-7-5-4-6-8-13)21-17(23)14-9-15(18(24)26-3)11-16(10-14)22-19(25)20-2/h4-12H,1-3H3,(H,21,23)(H2,20,22,25)/t12-/m1/s1. The second-order valence-electron chi connectivity index (χ2n) is 5.60. The summed E-state index contributed by atoms with van der Waals surface area (Å²) in [5.74, 6) is -0.970. The van der Waals surface area contributed by atoms with E-state index in [4.69, 9.17) is 4.74 Å². The summed E-state index contributed by atoms with van der Waals surface area (Å²) in [6, 6.07) is 13.2. The number of rotatable bonds is 5. The Hall–Kier alpha value is -3.35. The Labute approximate surface area is 151 Å². The van der Waals surface area contributed by atoms with E-state index in [-0.39, 0.29) is 23.1 Å². The van der Waals surface area contributed by atoms with Crippen LogP contribution in [0.5, 0.6) is 0 Å². The fourth-order valence-electron chi connectivity index (χ4n) is 2.37. The van der Waals surface area contributed by atoms with E-state index >= 15 is 0 Å².